The Morgan fingerprint density at radius 3 is 2.34 bits per heavy atom. The fraction of sp³-hybridized carbons (Fsp3) is 0.667. The van der Waals surface area contributed by atoms with E-state index in [1.807, 2.05) is 39.0 Å². The summed E-state index contributed by atoms with van der Waals surface area (Å²) in [4.78, 5) is 28.8. The van der Waals surface area contributed by atoms with E-state index < -0.39 is 17.2 Å². The van der Waals surface area contributed by atoms with Crippen molar-refractivity contribution in [1.29, 1.82) is 0 Å². The van der Waals surface area contributed by atoms with Gasteiger partial charge in [-0.15, -0.1) is 0 Å². The SMILES string of the molecule is CC(C)C[C@@]1(C(=O)O[C@@H]2C[C@H](C)CC[C@H]2C(C)(C)c2ccccc2)C=CCN1C(=O)OC(C)(C)C. The summed E-state index contributed by atoms with van der Waals surface area (Å²) in [5, 5.41) is 0. The van der Waals surface area contributed by atoms with Gasteiger partial charge in [0.05, 0.1) is 0 Å². The molecule has 1 aliphatic heterocycles. The van der Waals surface area contributed by atoms with Crippen molar-refractivity contribution in [3.8, 4) is 0 Å². The van der Waals surface area contributed by atoms with Crippen LogP contribution in [0.3, 0.4) is 0 Å². The number of carbonyl (C=O) groups is 2. The van der Waals surface area contributed by atoms with Crippen LogP contribution in [0.4, 0.5) is 4.79 Å². The van der Waals surface area contributed by atoms with E-state index in [0.29, 0.717) is 18.9 Å². The van der Waals surface area contributed by atoms with E-state index in [2.05, 4.69) is 58.9 Å². The summed E-state index contributed by atoms with van der Waals surface area (Å²) in [6, 6.07) is 10.5. The molecule has 5 nitrogen and oxygen atoms in total. The van der Waals surface area contributed by atoms with E-state index in [9.17, 15) is 9.59 Å². The predicted octanol–water partition coefficient (Wildman–Crippen LogP) is 6.90. The Kier molecular flexibility index (Phi) is 8.08. The van der Waals surface area contributed by atoms with Crippen LogP contribution in [0.25, 0.3) is 0 Å². The van der Waals surface area contributed by atoms with E-state index in [1.165, 1.54) is 5.56 Å². The number of hydrogen-bond acceptors (Lipinski definition) is 4. The van der Waals surface area contributed by atoms with Crippen molar-refractivity contribution in [3.63, 3.8) is 0 Å². The quantitative estimate of drug-likeness (QED) is 0.326. The van der Waals surface area contributed by atoms with Crippen molar-refractivity contribution in [2.75, 3.05) is 6.54 Å². The van der Waals surface area contributed by atoms with Crippen LogP contribution in [0.15, 0.2) is 42.5 Å². The van der Waals surface area contributed by atoms with E-state index in [0.717, 1.165) is 19.3 Å². The van der Waals surface area contributed by atoms with E-state index >= 15 is 0 Å². The standard InChI is InChI=1S/C30H45NO4/c1-21(2)20-30(17-12-18-31(30)27(33)35-28(4,5)6)26(32)34-25-19-22(3)15-16-24(25)29(7,8)23-13-10-9-11-14-23/h9-14,17,21-22,24-25H,15-16,18-20H2,1-8H3/t22-,24-,25-,30-/m1/s1. The molecule has 1 aromatic carbocycles. The van der Waals surface area contributed by atoms with Crippen LogP contribution in [0.2, 0.25) is 0 Å². The molecule has 0 N–H and O–H groups in total. The number of nitrogens with zero attached hydrogens (tertiary/aromatic N) is 1. The Balaban J connectivity index is 1.91. The van der Waals surface area contributed by atoms with Gasteiger partial charge >= 0.3 is 12.1 Å². The lowest BCUT2D eigenvalue weighted by Crippen LogP contribution is -2.57. The van der Waals surface area contributed by atoms with Crippen molar-refractivity contribution in [1.82, 2.24) is 4.90 Å². The van der Waals surface area contributed by atoms with Gasteiger partial charge in [0.25, 0.3) is 0 Å². The number of ether oxygens (including phenoxy) is 2. The number of amides is 1. The Morgan fingerprint density at radius 2 is 1.74 bits per heavy atom. The molecule has 0 bridgehead atoms. The van der Waals surface area contributed by atoms with Gasteiger partial charge in [0.15, 0.2) is 5.54 Å². The molecule has 3 rings (SSSR count). The van der Waals surface area contributed by atoms with Crippen molar-refractivity contribution < 1.29 is 19.1 Å². The average Bonchev–Trinajstić information content (AvgIpc) is 3.17. The van der Waals surface area contributed by atoms with Gasteiger partial charge in [0, 0.05) is 12.5 Å². The molecule has 194 valence electrons. The molecular weight excluding hydrogens is 438 g/mol. The molecule has 0 spiro atoms. The molecule has 1 fully saturated rings. The van der Waals surface area contributed by atoms with Crippen LogP contribution < -0.4 is 0 Å². The molecular formula is C30H45NO4. The third-order valence-corrected chi connectivity index (χ3v) is 7.61. The zero-order valence-corrected chi connectivity index (χ0v) is 23.0. The molecule has 0 aromatic heterocycles. The highest BCUT2D eigenvalue weighted by Gasteiger charge is 2.52. The summed E-state index contributed by atoms with van der Waals surface area (Å²) in [6.07, 6.45) is 6.53. The summed E-state index contributed by atoms with van der Waals surface area (Å²) in [7, 11) is 0. The third-order valence-electron chi connectivity index (χ3n) is 7.61. The summed E-state index contributed by atoms with van der Waals surface area (Å²) >= 11 is 0. The van der Waals surface area contributed by atoms with E-state index in [4.69, 9.17) is 9.47 Å². The first-order valence-corrected chi connectivity index (χ1v) is 13.2. The maximum atomic E-state index is 14.0. The van der Waals surface area contributed by atoms with Crippen LogP contribution in [-0.2, 0) is 19.7 Å². The first-order chi connectivity index (χ1) is 16.3. The number of hydrogen-bond donors (Lipinski definition) is 0. The fourth-order valence-corrected chi connectivity index (χ4v) is 5.83. The van der Waals surface area contributed by atoms with E-state index in [1.54, 1.807) is 4.90 Å². The zero-order valence-electron chi connectivity index (χ0n) is 23.0. The molecule has 1 saturated carbocycles. The summed E-state index contributed by atoms with van der Waals surface area (Å²) in [5.41, 5.74) is -0.669. The van der Waals surface area contributed by atoms with Gasteiger partial charge < -0.3 is 9.47 Å². The second-order valence-corrected chi connectivity index (χ2v) is 12.6. The second kappa shape index (κ2) is 10.4. The predicted molar refractivity (Wildman–Crippen MR) is 140 cm³/mol. The molecule has 1 heterocycles. The molecule has 1 aromatic rings. The third kappa shape index (κ3) is 6.10. The number of rotatable bonds is 6. The van der Waals surface area contributed by atoms with Crippen LogP contribution in [0.1, 0.15) is 86.6 Å². The van der Waals surface area contributed by atoms with Crippen molar-refractivity contribution in [3.05, 3.63) is 48.0 Å². The van der Waals surface area contributed by atoms with E-state index in [-0.39, 0.29) is 29.3 Å². The molecule has 5 heteroatoms. The van der Waals surface area contributed by atoms with Gasteiger partial charge in [0.2, 0.25) is 0 Å². The number of esters is 1. The topological polar surface area (TPSA) is 55.8 Å². The Bertz CT molecular complexity index is 914. The van der Waals surface area contributed by atoms with Crippen molar-refractivity contribution >= 4 is 12.1 Å². The summed E-state index contributed by atoms with van der Waals surface area (Å²) < 4.78 is 12.1. The minimum Gasteiger partial charge on any atom is -0.460 e. The molecule has 35 heavy (non-hydrogen) atoms. The molecule has 0 radical (unpaired) electrons. The Hall–Kier alpha value is -2.30. The lowest BCUT2D eigenvalue weighted by Gasteiger charge is -2.45. The van der Waals surface area contributed by atoms with Crippen LogP contribution in [0.5, 0.6) is 0 Å². The fourth-order valence-electron chi connectivity index (χ4n) is 5.83. The number of benzene rings is 1. The molecule has 1 amide bonds. The van der Waals surface area contributed by atoms with Crippen molar-refractivity contribution in [2.45, 2.75) is 104 Å². The maximum Gasteiger partial charge on any atom is 0.411 e. The number of carbonyl (C=O) groups excluding carboxylic acids is 2. The molecule has 0 unspecified atom stereocenters. The van der Waals surface area contributed by atoms with Crippen LogP contribution >= 0.6 is 0 Å². The Labute approximate surface area is 212 Å². The highest BCUT2D eigenvalue weighted by molar-refractivity contribution is 5.89. The van der Waals surface area contributed by atoms with Crippen LogP contribution in [0, 0.1) is 17.8 Å². The second-order valence-electron chi connectivity index (χ2n) is 12.6. The van der Waals surface area contributed by atoms with Gasteiger partial charge in [-0.05, 0) is 68.9 Å². The maximum absolute atomic E-state index is 14.0. The molecule has 4 atom stereocenters. The van der Waals surface area contributed by atoms with Crippen molar-refractivity contribution in [2.24, 2.45) is 17.8 Å². The van der Waals surface area contributed by atoms with Gasteiger partial charge in [-0.25, -0.2) is 9.59 Å². The Morgan fingerprint density at radius 1 is 1.09 bits per heavy atom. The normalized spacial score (nSPS) is 27.2. The summed E-state index contributed by atoms with van der Waals surface area (Å²) in [5.74, 6) is 0.537. The average molecular weight is 484 g/mol. The largest absolute Gasteiger partial charge is 0.460 e. The zero-order chi connectivity index (χ0) is 26.0. The highest BCUT2D eigenvalue weighted by Crippen LogP contribution is 2.44. The minimum atomic E-state index is -1.14. The van der Waals surface area contributed by atoms with Crippen LogP contribution in [-0.4, -0.2) is 40.8 Å². The monoisotopic (exact) mass is 483 g/mol. The molecule has 0 saturated heterocycles. The lowest BCUT2D eigenvalue weighted by atomic mass is 9.64. The highest BCUT2D eigenvalue weighted by atomic mass is 16.6. The van der Waals surface area contributed by atoms with Gasteiger partial charge in [-0.2, -0.15) is 0 Å². The van der Waals surface area contributed by atoms with Gasteiger partial charge in [-0.1, -0.05) is 77.4 Å². The first-order valence-electron chi connectivity index (χ1n) is 13.2. The minimum absolute atomic E-state index is 0.145. The van der Waals surface area contributed by atoms with Gasteiger partial charge in [0.1, 0.15) is 11.7 Å². The molecule has 2 aliphatic rings. The van der Waals surface area contributed by atoms with Gasteiger partial charge in [-0.3, -0.25) is 4.90 Å². The smallest absolute Gasteiger partial charge is 0.411 e. The first kappa shape index (κ1) is 27.3. The molecule has 1 aliphatic carbocycles. The lowest BCUT2D eigenvalue weighted by molar-refractivity contribution is -0.168. The summed E-state index contributed by atoms with van der Waals surface area (Å²) in [6.45, 7) is 16.8.